The third-order valence-corrected chi connectivity index (χ3v) is 7.54. The van der Waals surface area contributed by atoms with Gasteiger partial charge in [0.2, 0.25) is 11.8 Å². The van der Waals surface area contributed by atoms with Crippen molar-refractivity contribution >= 4 is 27.6 Å². The largest absolute Gasteiger partial charge is 0.344 e. The quantitative estimate of drug-likeness (QED) is 0.736. The molecular formula is C22H31N3O5S. The monoisotopic (exact) mass is 449 g/mol. The van der Waals surface area contributed by atoms with Crippen LogP contribution in [-0.4, -0.2) is 79.7 Å². The second kappa shape index (κ2) is 9.38. The summed E-state index contributed by atoms with van der Waals surface area (Å²) in [6, 6.07) is 5.00. The molecule has 2 aliphatic heterocycles. The number of piperidine rings is 1. The summed E-state index contributed by atoms with van der Waals surface area (Å²) in [4.78, 5) is 41.5. The van der Waals surface area contributed by atoms with Crippen LogP contribution in [0.25, 0.3) is 0 Å². The Labute approximate surface area is 183 Å². The van der Waals surface area contributed by atoms with Crippen LogP contribution in [-0.2, 0) is 19.4 Å². The highest BCUT2D eigenvalue weighted by Gasteiger charge is 2.32. The van der Waals surface area contributed by atoms with Crippen molar-refractivity contribution in [2.45, 2.75) is 39.7 Å². The number of hydrogen-bond donors (Lipinski definition) is 1. The van der Waals surface area contributed by atoms with E-state index in [0.29, 0.717) is 25.1 Å². The molecule has 2 saturated heterocycles. The summed E-state index contributed by atoms with van der Waals surface area (Å²) in [5.74, 6) is -1.07. The van der Waals surface area contributed by atoms with E-state index in [1.165, 1.54) is 4.90 Å². The minimum atomic E-state index is -3.08. The van der Waals surface area contributed by atoms with Gasteiger partial charge in [0, 0.05) is 31.7 Å². The van der Waals surface area contributed by atoms with Gasteiger partial charge in [0.05, 0.1) is 17.4 Å². The van der Waals surface area contributed by atoms with Crippen molar-refractivity contribution in [3.8, 4) is 0 Å². The molecule has 2 heterocycles. The molecule has 0 aromatic heterocycles. The normalized spacial score (nSPS) is 22.0. The summed E-state index contributed by atoms with van der Waals surface area (Å²) in [5, 5.41) is 2.77. The molecule has 2 aliphatic rings. The zero-order valence-corrected chi connectivity index (χ0v) is 19.2. The number of nitrogens with zero attached hydrogens (tertiary/aromatic N) is 2. The van der Waals surface area contributed by atoms with Crippen molar-refractivity contribution in [1.82, 2.24) is 15.1 Å². The molecule has 3 rings (SSSR count). The predicted octanol–water partition coefficient (Wildman–Crippen LogP) is 0.917. The number of rotatable bonds is 4. The van der Waals surface area contributed by atoms with Crippen LogP contribution in [0.5, 0.6) is 0 Å². The lowest BCUT2D eigenvalue weighted by Crippen LogP contribution is -2.54. The second-order valence-corrected chi connectivity index (χ2v) is 11.0. The van der Waals surface area contributed by atoms with Crippen LogP contribution in [0.1, 0.15) is 41.3 Å². The van der Waals surface area contributed by atoms with E-state index in [-0.39, 0.29) is 48.2 Å². The highest BCUT2D eigenvalue weighted by atomic mass is 32.2. The smallest absolute Gasteiger partial charge is 0.253 e. The zero-order chi connectivity index (χ0) is 22.8. The third kappa shape index (κ3) is 5.84. The first-order valence-corrected chi connectivity index (χ1v) is 12.5. The Bertz CT molecular complexity index is 941. The topological polar surface area (TPSA) is 104 Å². The maximum Gasteiger partial charge on any atom is 0.253 e. The molecule has 31 heavy (non-hydrogen) atoms. The number of aryl methyl sites for hydroxylation is 2. The molecule has 1 N–H and O–H groups in total. The third-order valence-electron chi connectivity index (χ3n) is 5.93. The van der Waals surface area contributed by atoms with Crippen molar-refractivity contribution in [2.75, 3.05) is 37.7 Å². The van der Waals surface area contributed by atoms with E-state index in [0.717, 1.165) is 17.5 Å². The van der Waals surface area contributed by atoms with Crippen molar-refractivity contribution in [1.29, 1.82) is 0 Å². The van der Waals surface area contributed by atoms with Crippen LogP contribution in [0.2, 0.25) is 0 Å². The number of hydrogen-bond acceptors (Lipinski definition) is 5. The number of carbonyl (C=O) groups is 3. The maximum absolute atomic E-state index is 12.9. The second-order valence-electron chi connectivity index (χ2n) is 8.67. The van der Waals surface area contributed by atoms with Crippen molar-refractivity contribution in [3.63, 3.8) is 0 Å². The first kappa shape index (κ1) is 23.2. The van der Waals surface area contributed by atoms with E-state index in [1.807, 2.05) is 32.0 Å². The lowest BCUT2D eigenvalue weighted by Gasteiger charge is -2.33. The molecule has 1 aromatic carbocycles. The average molecular weight is 450 g/mol. The molecule has 0 saturated carbocycles. The van der Waals surface area contributed by atoms with Crippen LogP contribution in [0, 0.1) is 19.8 Å². The van der Waals surface area contributed by atoms with Crippen LogP contribution in [0.4, 0.5) is 0 Å². The van der Waals surface area contributed by atoms with Gasteiger partial charge in [-0.2, -0.15) is 0 Å². The summed E-state index contributed by atoms with van der Waals surface area (Å²) in [7, 11) is -3.08. The molecule has 8 nitrogen and oxygen atoms in total. The Kier molecular flexibility index (Phi) is 7.03. The van der Waals surface area contributed by atoms with E-state index in [2.05, 4.69) is 5.32 Å². The van der Waals surface area contributed by atoms with Gasteiger partial charge in [0.15, 0.2) is 9.84 Å². The molecule has 2 fully saturated rings. The van der Waals surface area contributed by atoms with E-state index in [1.54, 1.807) is 11.8 Å². The molecule has 0 bridgehead atoms. The molecule has 0 spiro atoms. The van der Waals surface area contributed by atoms with E-state index in [9.17, 15) is 22.8 Å². The first-order chi connectivity index (χ1) is 14.6. The SMILES string of the molecule is Cc1cc(C)cc(C(=O)N2CCCC(C(=O)NC(C)C(=O)N3CCS(=O)(=O)CC3)C2)c1. The van der Waals surface area contributed by atoms with Crippen LogP contribution < -0.4 is 5.32 Å². The van der Waals surface area contributed by atoms with Crippen LogP contribution in [0.3, 0.4) is 0 Å². The van der Waals surface area contributed by atoms with Gasteiger partial charge in [0.25, 0.3) is 5.91 Å². The van der Waals surface area contributed by atoms with Gasteiger partial charge in [-0.05, 0) is 45.7 Å². The van der Waals surface area contributed by atoms with E-state index >= 15 is 0 Å². The number of likely N-dealkylation sites (tertiary alicyclic amines) is 1. The molecule has 1 aromatic rings. The fourth-order valence-electron chi connectivity index (χ4n) is 4.26. The zero-order valence-electron chi connectivity index (χ0n) is 18.4. The van der Waals surface area contributed by atoms with Gasteiger partial charge in [-0.25, -0.2) is 8.42 Å². The molecule has 9 heteroatoms. The number of nitrogens with one attached hydrogen (secondary N) is 1. The lowest BCUT2D eigenvalue weighted by molar-refractivity contribution is -0.137. The van der Waals surface area contributed by atoms with Gasteiger partial charge in [0.1, 0.15) is 6.04 Å². The predicted molar refractivity (Wildman–Crippen MR) is 117 cm³/mol. The Balaban J connectivity index is 1.57. The van der Waals surface area contributed by atoms with Crippen molar-refractivity contribution < 1.29 is 22.8 Å². The standard InChI is InChI=1S/C22H31N3O5S/c1-15-11-16(2)13-19(12-15)22(28)25-6-4-5-18(14-25)20(26)23-17(3)21(27)24-7-9-31(29,30)10-8-24/h11-13,17-18H,4-10,14H2,1-3H3,(H,23,26). The van der Waals surface area contributed by atoms with Crippen molar-refractivity contribution in [3.05, 3.63) is 34.9 Å². The minimum absolute atomic E-state index is 0.0441. The Morgan fingerprint density at radius 2 is 1.61 bits per heavy atom. The van der Waals surface area contributed by atoms with Gasteiger partial charge in [-0.3, -0.25) is 14.4 Å². The Hall–Kier alpha value is -2.42. The molecular weight excluding hydrogens is 418 g/mol. The van der Waals surface area contributed by atoms with Gasteiger partial charge >= 0.3 is 0 Å². The number of amides is 3. The molecule has 170 valence electrons. The number of carbonyl (C=O) groups excluding carboxylic acids is 3. The molecule has 0 radical (unpaired) electrons. The molecule has 2 atom stereocenters. The van der Waals surface area contributed by atoms with Crippen LogP contribution >= 0.6 is 0 Å². The van der Waals surface area contributed by atoms with E-state index in [4.69, 9.17) is 0 Å². The van der Waals surface area contributed by atoms with Gasteiger partial charge in [-0.15, -0.1) is 0 Å². The summed E-state index contributed by atoms with van der Waals surface area (Å²) >= 11 is 0. The highest BCUT2D eigenvalue weighted by molar-refractivity contribution is 7.91. The average Bonchev–Trinajstić information content (AvgIpc) is 2.72. The molecule has 2 unspecified atom stereocenters. The summed E-state index contributed by atoms with van der Waals surface area (Å²) in [5.41, 5.74) is 2.67. The van der Waals surface area contributed by atoms with Gasteiger partial charge < -0.3 is 15.1 Å². The maximum atomic E-state index is 12.9. The van der Waals surface area contributed by atoms with E-state index < -0.39 is 15.9 Å². The molecule has 0 aliphatic carbocycles. The fourth-order valence-corrected chi connectivity index (χ4v) is 5.46. The van der Waals surface area contributed by atoms with Gasteiger partial charge in [-0.1, -0.05) is 17.2 Å². The van der Waals surface area contributed by atoms with Crippen molar-refractivity contribution in [2.24, 2.45) is 5.92 Å². The first-order valence-electron chi connectivity index (χ1n) is 10.7. The van der Waals surface area contributed by atoms with Crippen LogP contribution in [0.15, 0.2) is 18.2 Å². The summed E-state index contributed by atoms with van der Waals surface area (Å²) in [6.45, 7) is 6.75. The summed E-state index contributed by atoms with van der Waals surface area (Å²) < 4.78 is 23.1. The summed E-state index contributed by atoms with van der Waals surface area (Å²) in [6.07, 6.45) is 1.38. The minimum Gasteiger partial charge on any atom is -0.344 e. The number of benzene rings is 1. The highest BCUT2D eigenvalue weighted by Crippen LogP contribution is 2.20. The lowest BCUT2D eigenvalue weighted by atomic mass is 9.95. The fraction of sp³-hybridized carbons (Fsp3) is 0.591. The number of sulfone groups is 1. The molecule has 3 amide bonds. The Morgan fingerprint density at radius 3 is 2.23 bits per heavy atom. The Morgan fingerprint density at radius 1 is 1.00 bits per heavy atom.